The fourth-order valence-electron chi connectivity index (χ4n) is 0.482. The third kappa shape index (κ3) is 4.72. The van der Waals surface area contributed by atoms with Crippen molar-refractivity contribution >= 4 is 5.91 Å². The first kappa shape index (κ1) is 10.3. The number of carbonyl (C=O) groups excluding carboxylic acids is 1. The van der Waals surface area contributed by atoms with Crippen LogP contribution in [0.5, 0.6) is 0 Å². The Balaban J connectivity index is 3.36. The minimum atomic E-state index is -0.605. The number of carbonyl (C=O) groups is 1. The van der Waals surface area contributed by atoms with Gasteiger partial charge in [-0.3, -0.25) is 9.63 Å². The number of nitrogens with one attached hydrogen (secondary N) is 1. The molecule has 0 spiro atoms. The highest BCUT2D eigenvalue weighted by Gasteiger charge is 2.10. The average Bonchev–Trinajstić information content (AvgIpc) is 2.03. The zero-order valence-corrected chi connectivity index (χ0v) is 6.79. The van der Waals surface area contributed by atoms with Crippen molar-refractivity contribution in [2.24, 2.45) is 5.90 Å². The van der Waals surface area contributed by atoms with Crippen LogP contribution in [0.3, 0.4) is 0 Å². The molecular weight excluding hydrogens is 148 g/mol. The second kappa shape index (κ2) is 6.09. The van der Waals surface area contributed by atoms with Gasteiger partial charge in [-0.1, -0.05) is 0 Å². The van der Waals surface area contributed by atoms with Crippen molar-refractivity contribution in [3.05, 3.63) is 0 Å². The van der Waals surface area contributed by atoms with E-state index < -0.39 is 6.10 Å². The third-order valence-corrected chi connectivity index (χ3v) is 1.18. The van der Waals surface area contributed by atoms with E-state index in [-0.39, 0.29) is 5.91 Å². The van der Waals surface area contributed by atoms with Gasteiger partial charge in [0.15, 0.2) is 6.10 Å². The molecule has 0 fully saturated rings. The maximum absolute atomic E-state index is 10.9. The third-order valence-electron chi connectivity index (χ3n) is 1.18. The van der Waals surface area contributed by atoms with E-state index in [9.17, 15) is 4.79 Å². The Kier molecular flexibility index (Phi) is 5.73. The summed E-state index contributed by atoms with van der Waals surface area (Å²) in [5.74, 6) is 4.55. The topological polar surface area (TPSA) is 73.6 Å². The molecule has 0 bridgehead atoms. The molecule has 1 unspecified atom stereocenters. The van der Waals surface area contributed by atoms with Gasteiger partial charge in [0.1, 0.15) is 0 Å². The molecule has 0 saturated carbocycles. The van der Waals surface area contributed by atoms with Crippen LogP contribution in [-0.2, 0) is 14.4 Å². The molecule has 1 amide bonds. The first-order valence-corrected chi connectivity index (χ1v) is 3.34. The second-order valence-electron chi connectivity index (χ2n) is 2.06. The van der Waals surface area contributed by atoms with E-state index in [2.05, 4.69) is 10.2 Å². The monoisotopic (exact) mass is 162 g/mol. The summed E-state index contributed by atoms with van der Waals surface area (Å²) in [6.07, 6.45) is -0.605. The normalized spacial score (nSPS) is 12.6. The molecule has 3 N–H and O–H groups in total. The van der Waals surface area contributed by atoms with E-state index in [0.29, 0.717) is 13.2 Å². The van der Waals surface area contributed by atoms with Gasteiger partial charge in [-0.25, -0.2) is 5.90 Å². The quantitative estimate of drug-likeness (QED) is 0.403. The van der Waals surface area contributed by atoms with Gasteiger partial charge in [-0.2, -0.15) is 0 Å². The van der Waals surface area contributed by atoms with Gasteiger partial charge in [-0.15, -0.1) is 0 Å². The lowest BCUT2D eigenvalue weighted by Gasteiger charge is -2.08. The second-order valence-corrected chi connectivity index (χ2v) is 2.06. The zero-order chi connectivity index (χ0) is 8.69. The van der Waals surface area contributed by atoms with E-state index in [4.69, 9.17) is 10.6 Å². The van der Waals surface area contributed by atoms with Gasteiger partial charge in [0.05, 0.1) is 6.61 Å². The van der Waals surface area contributed by atoms with Gasteiger partial charge in [0, 0.05) is 13.7 Å². The zero-order valence-electron chi connectivity index (χ0n) is 6.79. The molecule has 5 heteroatoms. The van der Waals surface area contributed by atoms with Gasteiger partial charge in [0.25, 0.3) is 5.91 Å². The molecule has 0 radical (unpaired) electrons. The molecule has 0 saturated heterocycles. The average molecular weight is 162 g/mol. The summed E-state index contributed by atoms with van der Waals surface area (Å²) < 4.78 is 4.72. The molecule has 0 aromatic heterocycles. The molecule has 0 aliphatic heterocycles. The highest BCUT2D eigenvalue weighted by atomic mass is 16.6. The van der Waals surface area contributed by atoms with Crippen LogP contribution in [0.2, 0.25) is 0 Å². The lowest BCUT2D eigenvalue weighted by Crippen LogP contribution is -2.37. The fraction of sp³-hybridized carbons (Fsp3) is 0.833. The highest BCUT2D eigenvalue weighted by Crippen LogP contribution is 1.83. The van der Waals surface area contributed by atoms with Crippen LogP contribution in [0, 0.1) is 0 Å². The van der Waals surface area contributed by atoms with Crippen LogP contribution in [-0.4, -0.2) is 32.3 Å². The number of ether oxygens (including phenoxy) is 1. The Hall–Kier alpha value is -0.650. The Labute approximate surface area is 65.8 Å². The SMILES string of the molecule is COCCNC(=O)C(C)ON. The summed E-state index contributed by atoms with van der Waals surface area (Å²) in [4.78, 5) is 15.2. The highest BCUT2D eigenvalue weighted by molar-refractivity contribution is 5.80. The van der Waals surface area contributed by atoms with E-state index in [1.807, 2.05) is 0 Å². The number of amides is 1. The summed E-state index contributed by atoms with van der Waals surface area (Å²) in [6.45, 7) is 2.54. The molecule has 66 valence electrons. The summed E-state index contributed by atoms with van der Waals surface area (Å²) >= 11 is 0. The Morgan fingerprint density at radius 2 is 2.36 bits per heavy atom. The van der Waals surface area contributed by atoms with Crippen molar-refractivity contribution in [3.63, 3.8) is 0 Å². The molecule has 5 nitrogen and oxygen atoms in total. The number of methoxy groups -OCH3 is 1. The van der Waals surface area contributed by atoms with E-state index >= 15 is 0 Å². The summed E-state index contributed by atoms with van der Waals surface area (Å²) in [7, 11) is 1.56. The molecule has 0 aromatic rings. The van der Waals surface area contributed by atoms with Crippen molar-refractivity contribution in [1.29, 1.82) is 0 Å². The Bertz CT molecular complexity index is 118. The van der Waals surface area contributed by atoms with Crippen molar-refractivity contribution < 1.29 is 14.4 Å². The lowest BCUT2D eigenvalue weighted by molar-refractivity contribution is -0.132. The summed E-state index contributed by atoms with van der Waals surface area (Å²) in [5.41, 5.74) is 0. The molecule has 0 aliphatic carbocycles. The Morgan fingerprint density at radius 3 is 2.82 bits per heavy atom. The van der Waals surface area contributed by atoms with E-state index in [1.165, 1.54) is 0 Å². The molecule has 0 aliphatic rings. The van der Waals surface area contributed by atoms with E-state index in [0.717, 1.165) is 0 Å². The maximum Gasteiger partial charge on any atom is 0.251 e. The van der Waals surface area contributed by atoms with Crippen LogP contribution < -0.4 is 11.2 Å². The van der Waals surface area contributed by atoms with Gasteiger partial charge in [-0.05, 0) is 6.92 Å². The van der Waals surface area contributed by atoms with Crippen LogP contribution in [0.25, 0.3) is 0 Å². The van der Waals surface area contributed by atoms with Crippen molar-refractivity contribution in [3.8, 4) is 0 Å². The molecular formula is C6H14N2O3. The fourth-order valence-corrected chi connectivity index (χ4v) is 0.482. The van der Waals surface area contributed by atoms with Crippen LogP contribution in [0.1, 0.15) is 6.92 Å². The standard InChI is InChI=1S/C6H14N2O3/c1-5(11-7)6(9)8-3-4-10-2/h5H,3-4,7H2,1-2H3,(H,8,9). The van der Waals surface area contributed by atoms with Crippen LogP contribution >= 0.6 is 0 Å². The largest absolute Gasteiger partial charge is 0.383 e. The predicted molar refractivity (Wildman–Crippen MR) is 39.6 cm³/mol. The van der Waals surface area contributed by atoms with Gasteiger partial charge < -0.3 is 10.1 Å². The smallest absolute Gasteiger partial charge is 0.251 e. The minimum Gasteiger partial charge on any atom is -0.383 e. The Morgan fingerprint density at radius 1 is 1.73 bits per heavy atom. The lowest BCUT2D eigenvalue weighted by atomic mass is 10.4. The molecule has 0 heterocycles. The molecule has 1 atom stereocenters. The van der Waals surface area contributed by atoms with Gasteiger partial charge >= 0.3 is 0 Å². The summed E-state index contributed by atoms with van der Waals surface area (Å²) in [6, 6.07) is 0. The number of hydrogen-bond acceptors (Lipinski definition) is 4. The first-order valence-electron chi connectivity index (χ1n) is 3.34. The first-order chi connectivity index (χ1) is 5.22. The van der Waals surface area contributed by atoms with Crippen molar-refractivity contribution in [2.75, 3.05) is 20.3 Å². The van der Waals surface area contributed by atoms with Crippen molar-refractivity contribution in [1.82, 2.24) is 5.32 Å². The molecule has 0 rings (SSSR count). The molecule has 11 heavy (non-hydrogen) atoms. The number of nitrogens with two attached hydrogens (primary N) is 1. The maximum atomic E-state index is 10.9. The molecule has 0 aromatic carbocycles. The van der Waals surface area contributed by atoms with Crippen LogP contribution in [0.4, 0.5) is 0 Å². The number of hydrogen-bond donors (Lipinski definition) is 2. The summed E-state index contributed by atoms with van der Waals surface area (Å²) in [5, 5.41) is 2.57. The van der Waals surface area contributed by atoms with Crippen LogP contribution in [0.15, 0.2) is 0 Å². The van der Waals surface area contributed by atoms with E-state index in [1.54, 1.807) is 14.0 Å². The van der Waals surface area contributed by atoms with Crippen molar-refractivity contribution in [2.45, 2.75) is 13.0 Å². The minimum absolute atomic E-state index is 0.232. The number of rotatable bonds is 5. The van der Waals surface area contributed by atoms with Gasteiger partial charge in [0.2, 0.25) is 0 Å². The predicted octanol–water partition coefficient (Wildman–Crippen LogP) is -0.972.